The Hall–Kier alpha value is -2.60. The van der Waals surface area contributed by atoms with Gasteiger partial charge in [-0.3, -0.25) is 0 Å². The standard InChI is InChI=1S/C25H24ClN2O2P/c1-3-16-5-7-17(8-6-16)9-10-18-12-22-23(14-21(18)26)28-25(27-22)31-19-11-4-15(2)20(13-19)24(29)30/h4-7,11-14,17-18,21,31H,3,8H2,1-2H3,(H,27,28)(H,29,30). The van der Waals surface area contributed by atoms with E-state index in [1.165, 1.54) is 5.57 Å². The third-order valence-electron chi connectivity index (χ3n) is 5.52. The molecule has 1 heterocycles. The second-order valence-electron chi connectivity index (χ2n) is 7.77. The Kier molecular flexibility index (Phi) is 6.46. The van der Waals surface area contributed by atoms with Gasteiger partial charge in [0, 0.05) is 5.92 Å². The van der Waals surface area contributed by atoms with Gasteiger partial charge < -0.3 is 10.1 Å². The molecule has 31 heavy (non-hydrogen) atoms. The van der Waals surface area contributed by atoms with Crippen molar-refractivity contribution >= 4 is 49.2 Å². The highest BCUT2D eigenvalue weighted by Gasteiger charge is 2.18. The molecule has 0 amide bonds. The van der Waals surface area contributed by atoms with E-state index in [1.54, 1.807) is 13.0 Å². The predicted molar refractivity (Wildman–Crippen MR) is 129 cm³/mol. The summed E-state index contributed by atoms with van der Waals surface area (Å²) in [5, 5.41) is 11.8. The minimum atomic E-state index is -0.912. The van der Waals surface area contributed by atoms with Gasteiger partial charge in [0.15, 0.2) is 0 Å². The minimum absolute atomic E-state index is 0.0752. The van der Waals surface area contributed by atoms with Crippen molar-refractivity contribution in [2.75, 3.05) is 0 Å². The zero-order chi connectivity index (χ0) is 22.0. The van der Waals surface area contributed by atoms with Crippen LogP contribution in [0.1, 0.15) is 35.7 Å². The lowest BCUT2D eigenvalue weighted by Crippen LogP contribution is -2.33. The number of carboxylic acids is 1. The molecule has 1 aromatic carbocycles. The van der Waals surface area contributed by atoms with E-state index < -0.39 is 5.97 Å². The van der Waals surface area contributed by atoms with Crippen LogP contribution in [0.2, 0.25) is 0 Å². The van der Waals surface area contributed by atoms with Crippen molar-refractivity contribution in [2.45, 2.75) is 32.1 Å². The maximum absolute atomic E-state index is 11.4. The van der Waals surface area contributed by atoms with Crippen molar-refractivity contribution in [3.8, 4) is 11.8 Å². The molecule has 4 atom stereocenters. The number of aromatic carboxylic acids is 1. The summed E-state index contributed by atoms with van der Waals surface area (Å²) >= 11 is 6.58. The number of hydrogen-bond acceptors (Lipinski definition) is 2. The average molecular weight is 451 g/mol. The van der Waals surface area contributed by atoms with Crippen molar-refractivity contribution in [2.24, 2.45) is 11.8 Å². The number of alkyl halides is 1. The van der Waals surface area contributed by atoms with Gasteiger partial charge in [0.05, 0.1) is 27.6 Å². The Bertz CT molecular complexity index is 1260. The molecule has 2 N–H and O–H groups in total. The molecule has 158 valence electrons. The van der Waals surface area contributed by atoms with E-state index in [9.17, 15) is 9.90 Å². The van der Waals surface area contributed by atoms with E-state index in [-0.39, 0.29) is 25.8 Å². The number of aromatic amines is 1. The SMILES string of the molecule is CCC1=CCC(C#CC2C=c3[nH]c(Pc4ccc(C)c(C(=O)O)c4)nc3=CC2Cl)C=C1. The molecule has 0 saturated heterocycles. The molecule has 0 aliphatic heterocycles. The maximum atomic E-state index is 11.4. The average Bonchev–Trinajstić information content (AvgIpc) is 3.14. The van der Waals surface area contributed by atoms with Crippen molar-refractivity contribution in [1.82, 2.24) is 9.97 Å². The first kappa shape index (κ1) is 21.6. The smallest absolute Gasteiger partial charge is 0.335 e. The summed E-state index contributed by atoms with van der Waals surface area (Å²) in [5.41, 5.74) is 3.25. The number of hydrogen-bond donors (Lipinski definition) is 2. The van der Waals surface area contributed by atoms with Crippen LogP contribution in [-0.4, -0.2) is 26.4 Å². The molecule has 2 aromatic rings. The first-order chi connectivity index (χ1) is 14.9. The van der Waals surface area contributed by atoms with Crippen LogP contribution in [-0.2, 0) is 0 Å². The van der Waals surface area contributed by atoms with Crippen LogP contribution in [0.4, 0.5) is 0 Å². The summed E-state index contributed by atoms with van der Waals surface area (Å²) in [6, 6.07) is 5.51. The molecule has 0 bridgehead atoms. The Morgan fingerprint density at radius 2 is 2.19 bits per heavy atom. The highest BCUT2D eigenvalue weighted by Crippen LogP contribution is 2.20. The third kappa shape index (κ3) is 5.01. The van der Waals surface area contributed by atoms with Crippen LogP contribution in [0.5, 0.6) is 0 Å². The highest BCUT2D eigenvalue weighted by molar-refractivity contribution is 7.54. The molecular formula is C25H24ClN2O2P. The highest BCUT2D eigenvalue weighted by atomic mass is 35.5. The summed E-state index contributed by atoms with van der Waals surface area (Å²) in [5.74, 6) is 5.95. The first-order valence-corrected chi connectivity index (χ1v) is 11.8. The molecule has 6 heteroatoms. The fourth-order valence-electron chi connectivity index (χ4n) is 3.66. The Morgan fingerprint density at radius 3 is 2.90 bits per heavy atom. The number of nitrogens with one attached hydrogen (secondary N) is 1. The van der Waals surface area contributed by atoms with Crippen molar-refractivity contribution in [1.29, 1.82) is 0 Å². The quantitative estimate of drug-likeness (QED) is 0.427. The molecule has 0 fully saturated rings. The summed E-state index contributed by atoms with van der Waals surface area (Å²) < 4.78 is 0. The molecule has 0 radical (unpaired) electrons. The minimum Gasteiger partial charge on any atom is -0.478 e. The number of benzene rings is 1. The van der Waals surface area contributed by atoms with E-state index in [2.05, 4.69) is 53.0 Å². The van der Waals surface area contributed by atoms with Crippen LogP contribution in [0, 0.1) is 30.6 Å². The largest absolute Gasteiger partial charge is 0.478 e. The van der Waals surface area contributed by atoms with Gasteiger partial charge in [0.1, 0.15) is 5.57 Å². The maximum Gasteiger partial charge on any atom is 0.335 e. The predicted octanol–water partition coefficient (Wildman–Crippen LogP) is 2.76. The summed E-state index contributed by atoms with van der Waals surface area (Å²) in [6.45, 7) is 3.96. The molecule has 4 rings (SSSR count). The molecule has 2 aliphatic rings. The van der Waals surface area contributed by atoms with Crippen LogP contribution in [0.3, 0.4) is 0 Å². The van der Waals surface area contributed by atoms with Gasteiger partial charge in [-0.2, -0.15) is 0 Å². The summed E-state index contributed by atoms with van der Waals surface area (Å²) in [7, 11) is 0.235. The third-order valence-corrected chi connectivity index (χ3v) is 6.99. The number of nitrogens with zero attached hydrogens (tertiary/aromatic N) is 1. The number of carbonyl (C=O) groups is 1. The molecule has 0 spiro atoms. The van der Waals surface area contributed by atoms with E-state index in [4.69, 9.17) is 11.6 Å². The lowest BCUT2D eigenvalue weighted by Gasteiger charge is -2.13. The number of aryl methyl sites for hydroxylation is 1. The fraction of sp³-hybridized carbons (Fsp3) is 0.280. The number of halogens is 1. The zero-order valence-corrected chi connectivity index (χ0v) is 19.2. The Morgan fingerprint density at radius 1 is 1.35 bits per heavy atom. The van der Waals surface area contributed by atoms with Crippen LogP contribution in [0.15, 0.2) is 42.0 Å². The van der Waals surface area contributed by atoms with Gasteiger partial charge >= 0.3 is 5.97 Å². The number of carboxylic acid groups (broad SMARTS) is 1. The first-order valence-electron chi connectivity index (χ1n) is 10.4. The topological polar surface area (TPSA) is 66.0 Å². The number of imidazole rings is 1. The monoisotopic (exact) mass is 450 g/mol. The second kappa shape index (κ2) is 9.27. The summed E-state index contributed by atoms with van der Waals surface area (Å²) in [6.07, 6.45) is 12.6. The Balaban J connectivity index is 1.53. The van der Waals surface area contributed by atoms with Crippen molar-refractivity contribution in [3.63, 3.8) is 0 Å². The normalized spacial score (nSPS) is 22.2. The number of aromatic nitrogens is 2. The van der Waals surface area contributed by atoms with Crippen LogP contribution < -0.4 is 21.6 Å². The number of allylic oxidation sites excluding steroid dienone is 4. The Labute approximate surface area is 188 Å². The van der Waals surface area contributed by atoms with E-state index >= 15 is 0 Å². The number of fused-ring (bicyclic) bond motifs is 1. The van der Waals surface area contributed by atoms with E-state index in [1.807, 2.05) is 18.2 Å². The fourth-order valence-corrected chi connectivity index (χ4v) is 4.95. The van der Waals surface area contributed by atoms with Gasteiger partial charge in [-0.05, 0) is 57.4 Å². The molecule has 4 nitrogen and oxygen atoms in total. The molecule has 0 saturated carbocycles. The van der Waals surface area contributed by atoms with Gasteiger partial charge in [-0.1, -0.05) is 54.7 Å². The second-order valence-corrected chi connectivity index (χ2v) is 9.58. The van der Waals surface area contributed by atoms with Crippen LogP contribution in [0.25, 0.3) is 12.2 Å². The lowest BCUT2D eigenvalue weighted by molar-refractivity contribution is 0.0696. The zero-order valence-electron chi connectivity index (χ0n) is 17.4. The summed E-state index contributed by atoms with van der Waals surface area (Å²) in [4.78, 5) is 19.4. The molecule has 1 aromatic heterocycles. The van der Waals surface area contributed by atoms with Gasteiger partial charge in [-0.25, -0.2) is 9.78 Å². The molecular weight excluding hydrogens is 427 g/mol. The van der Waals surface area contributed by atoms with Crippen LogP contribution >= 0.6 is 20.2 Å². The number of H-pyrrole nitrogens is 1. The molecule has 4 unspecified atom stereocenters. The van der Waals surface area contributed by atoms with Gasteiger partial charge in [0.2, 0.25) is 0 Å². The number of rotatable bonds is 4. The van der Waals surface area contributed by atoms with Gasteiger partial charge in [0.25, 0.3) is 0 Å². The molecule has 2 aliphatic carbocycles. The van der Waals surface area contributed by atoms with Crippen molar-refractivity contribution in [3.05, 3.63) is 63.8 Å². The van der Waals surface area contributed by atoms with E-state index in [0.717, 1.165) is 40.0 Å². The van der Waals surface area contributed by atoms with Crippen molar-refractivity contribution < 1.29 is 9.90 Å². The van der Waals surface area contributed by atoms with Gasteiger partial charge in [-0.15, -0.1) is 11.6 Å². The van der Waals surface area contributed by atoms with E-state index in [0.29, 0.717) is 5.56 Å². The lowest BCUT2D eigenvalue weighted by atomic mass is 9.94.